The van der Waals surface area contributed by atoms with Gasteiger partial charge in [0.1, 0.15) is 5.82 Å². The zero-order valence-corrected chi connectivity index (χ0v) is 14.8. The van der Waals surface area contributed by atoms with Crippen LogP contribution in [0.2, 0.25) is 0 Å². The second-order valence-corrected chi connectivity index (χ2v) is 7.97. The van der Waals surface area contributed by atoms with Crippen LogP contribution in [0, 0.1) is 5.41 Å². The van der Waals surface area contributed by atoms with Crippen molar-refractivity contribution in [1.82, 2.24) is 9.88 Å². The molecule has 3 rings (SSSR count). The molecule has 1 aliphatic rings. The van der Waals surface area contributed by atoms with Gasteiger partial charge in [0.05, 0.1) is 12.0 Å². The first-order valence-electron chi connectivity index (χ1n) is 8.62. The largest absolute Gasteiger partial charge is 0.461 e. The lowest BCUT2D eigenvalue weighted by Gasteiger charge is -2.36. The highest BCUT2D eigenvalue weighted by atomic mass is 16.3. The Hall–Kier alpha value is -2.01. The molecule has 5 heteroatoms. The van der Waals surface area contributed by atoms with E-state index in [1.165, 1.54) is 6.26 Å². The maximum atomic E-state index is 12.4. The van der Waals surface area contributed by atoms with Crippen molar-refractivity contribution in [3.8, 4) is 0 Å². The molecule has 1 aliphatic heterocycles. The van der Waals surface area contributed by atoms with Gasteiger partial charge in [-0.1, -0.05) is 20.8 Å². The minimum atomic E-state index is -0.150. The number of hydrogen-bond donors (Lipinski definition) is 2. The molecule has 24 heavy (non-hydrogen) atoms. The predicted octanol–water partition coefficient (Wildman–Crippen LogP) is 3.65. The number of piperidine rings is 1. The second-order valence-electron chi connectivity index (χ2n) is 7.97. The molecule has 2 aromatic rings. The topological polar surface area (TPSA) is 75.3 Å². The van der Waals surface area contributed by atoms with Crippen molar-refractivity contribution < 1.29 is 9.21 Å². The molecule has 0 saturated carbocycles. The molecule has 0 atom stereocenters. The summed E-state index contributed by atoms with van der Waals surface area (Å²) in [4.78, 5) is 17.9. The Balaban J connectivity index is 1.67. The molecule has 0 unspecified atom stereocenters. The molecule has 1 saturated heterocycles. The normalized spacial score (nSPS) is 17.3. The van der Waals surface area contributed by atoms with Crippen LogP contribution in [0.1, 0.15) is 61.3 Å². The first kappa shape index (κ1) is 16.8. The lowest BCUT2D eigenvalue weighted by molar-refractivity contribution is 0.100. The SMILES string of the molecule is CC(C)(C)CN1CCC(c2cc(C(=O)c3ccco3)[nH]c2N)CC1. The maximum absolute atomic E-state index is 12.4. The number of furan rings is 1. The summed E-state index contributed by atoms with van der Waals surface area (Å²) in [5.74, 6) is 1.21. The van der Waals surface area contributed by atoms with Gasteiger partial charge in [-0.05, 0) is 61.0 Å². The maximum Gasteiger partial charge on any atom is 0.244 e. The predicted molar refractivity (Wildman–Crippen MR) is 95.2 cm³/mol. The van der Waals surface area contributed by atoms with Gasteiger partial charge in [0, 0.05) is 6.54 Å². The number of nitrogens with two attached hydrogens (primary N) is 1. The Labute approximate surface area is 143 Å². The summed E-state index contributed by atoms with van der Waals surface area (Å²) >= 11 is 0. The summed E-state index contributed by atoms with van der Waals surface area (Å²) in [5.41, 5.74) is 8.05. The van der Waals surface area contributed by atoms with E-state index in [0.29, 0.717) is 28.6 Å². The number of nitrogens with one attached hydrogen (secondary N) is 1. The lowest BCUT2D eigenvalue weighted by atomic mass is 9.88. The van der Waals surface area contributed by atoms with Crippen molar-refractivity contribution in [3.05, 3.63) is 41.5 Å². The van der Waals surface area contributed by atoms with E-state index in [1.54, 1.807) is 12.1 Å². The molecule has 0 spiro atoms. The third-order valence-electron chi connectivity index (χ3n) is 4.60. The molecule has 1 fully saturated rings. The van der Waals surface area contributed by atoms with Crippen LogP contribution in [0.15, 0.2) is 28.9 Å². The van der Waals surface area contributed by atoms with Gasteiger partial charge in [-0.15, -0.1) is 0 Å². The molecule has 0 aromatic carbocycles. The van der Waals surface area contributed by atoms with E-state index in [2.05, 4.69) is 30.7 Å². The van der Waals surface area contributed by atoms with Gasteiger partial charge < -0.3 is 20.0 Å². The molecule has 5 nitrogen and oxygen atoms in total. The molecule has 0 bridgehead atoms. The fourth-order valence-electron chi connectivity index (χ4n) is 3.56. The number of carbonyl (C=O) groups is 1. The number of H-pyrrole nitrogens is 1. The Bertz CT molecular complexity index is 687. The monoisotopic (exact) mass is 329 g/mol. The van der Waals surface area contributed by atoms with Gasteiger partial charge in [-0.25, -0.2) is 0 Å². The number of likely N-dealkylation sites (tertiary alicyclic amines) is 1. The van der Waals surface area contributed by atoms with Crippen LogP contribution in [0.25, 0.3) is 0 Å². The summed E-state index contributed by atoms with van der Waals surface area (Å²) in [7, 11) is 0. The Morgan fingerprint density at radius 3 is 2.67 bits per heavy atom. The highest BCUT2D eigenvalue weighted by molar-refractivity contribution is 6.06. The molecular weight excluding hydrogens is 302 g/mol. The first-order chi connectivity index (χ1) is 11.3. The van der Waals surface area contributed by atoms with Crippen LogP contribution in [-0.4, -0.2) is 35.3 Å². The molecule has 3 heterocycles. The molecular formula is C19H27N3O2. The van der Waals surface area contributed by atoms with E-state index >= 15 is 0 Å². The standard InChI is InChI=1S/C19H27N3O2/c1-19(2,3)12-22-8-6-13(7-9-22)14-11-15(21-18(14)20)17(23)16-5-4-10-24-16/h4-5,10-11,13,21H,6-9,12,20H2,1-3H3. The number of aromatic amines is 1. The molecule has 0 aliphatic carbocycles. The van der Waals surface area contributed by atoms with Gasteiger partial charge >= 0.3 is 0 Å². The van der Waals surface area contributed by atoms with Crippen LogP contribution in [0.4, 0.5) is 5.82 Å². The summed E-state index contributed by atoms with van der Waals surface area (Å²) in [6, 6.07) is 5.29. The second kappa shape index (κ2) is 6.48. The summed E-state index contributed by atoms with van der Waals surface area (Å²) in [5, 5.41) is 0. The molecule has 3 N–H and O–H groups in total. The Morgan fingerprint density at radius 1 is 1.38 bits per heavy atom. The Kier molecular flexibility index (Phi) is 4.54. The number of rotatable bonds is 4. The summed E-state index contributed by atoms with van der Waals surface area (Å²) in [6.07, 6.45) is 3.66. The van der Waals surface area contributed by atoms with Crippen LogP contribution < -0.4 is 5.73 Å². The fourth-order valence-corrected chi connectivity index (χ4v) is 3.56. The van der Waals surface area contributed by atoms with E-state index in [0.717, 1.165) is 38.0 Å². The van der Waals surface area contributed by atoms with Crippen LogP contribution in [0.3, 0.4) is 0 Å². The van der Waals surface area contributed by atoms with Crippen molar-refractivity contribution in [3.63, 3.8) is 0 Å². The first-order valence-corrected chi connectivity index (χ1v) is 8.62. The van der Waals surface area contributed by atoms with Crippen LogP contribution in [-0.2, 0) is 0 Å². The van der Waals surface area contributed by atoms with E-state index in [9.17, 15) is 4.79 Å². The Morgan fingerprint density at radius 2 is 2.08 bits per heavy atom. The minimum Gasteiger partial charge on any atom is -0.461 e. The van der Waals surface area contributed by atoms with Crippen LogP contribution in [0.5, 0.6) is 0 Å². The van der Waals surface area contributed by atoms with Gasteiger partial charge in [0.2, 0.25) is 5.78 Å². The summed E-state index contributed by atoms with van der Waals surface area (Å²) in [6.45, 7) is 10.1. The quantitative estimate of drug-likeness (QED) is 0.840. The number of hydrogen-bond acceptors (Lipinski definition) is 4. The molecule has 130 valence electrons. The smallest absolute Gasteiger partial charge is 0.244 e. The number of nitrogen functional groups attached to an aromatic ring is 1. The van der Waals surface area contributed by atoms with E-state index in [4.69, 9.17) is 10.2 Å². The highest BCUT2D eigenvalue weighted by Crippen LogP contribution is 2.33. The van der Waals surface area contributed by atoms with Crippen molar-refractivity contribution >= 4 is 11.6 Å². The van der Waals surface area contributed by atoms with E-state index in [-0.39, 0.29) is 5.78 Å². The van der Waals surface area contributed by atoms with E-state index in [1.807, 2.05) is 6.07 Å². The van der Waals surface area contributed by atoms with Crippen LogP contribution >= 0.6 is 0 Å². The third kappa shape index (κ3) is 3.73. The number of aromatic nitrogens is 1. The van der Waals surface area contributed by atoms with Crippen molar-refractivity contribution in [1.29, 1.82) is 0 Å². The number of carbonyl (C=O) groups excluding carboxylic acids is 1. The minimum absolute atomic E-state index is 0.150. The molecule has 0 radical (unpaired) electrons. The average molecular weight is 329 g/mol. The number of ketones is 1. The van der Waals surface area contributed by atoms with Crippen molar-refractivity contribution in [2.24, 2.45) is 5.41 Å². The lowest BCUT2D eigenvalue weighted by Crippen LogP contribution is -2.38. The summed E-state index contributed by atoms with van der Waals surface area (Å²) < 4.78 is 5.19. The van der Waals surface area contributed by atoms with Gasteiger partial charge in [0.15, 0.2) is 5.76 Å². The third-order valence-corrected chi connectivity index (χ3v) is 4.60. The molecule has 2 aromatic heterocycles. The average Bonchev–Trinajstić information content (AvgIpc) is 3.15. The van der Waals surface area contributed by atoms with Gasteiger partial charge in [0.25, 0.3) is 0 Å². The van der Waals surface area contributed by atoms with Crippen molar-refractivity contribution in [2.75, 3.05) is 25.4 Å². The molecule has 0 amide bonds. The highest BCUT2D eigenvalue weighted by Gasteiger charge is 2.27. The van der Waals surface area contributed by atoms with Crippen molar-refractivity contribution in [2.45, 2.75) is 39.5 Å². The van der Waals surface area contributed by atoms with Gasteiger partial charge in [-0.2, -0.15) is 0 Å². The fraction of sp³-hybridized carbons (Fsp3) is 0.526. The van der Waals surface area contributed by atoms with E-state index < -0.39 is 0 Å². The number of anilines is 1. The zero-order valence-electron chi connectivity index (χ0n) is 14.8. The zero-order chi connectivity index (χ0) is 17.3. The number of nitrogens with zero attached hydrogens (tertiary/aromatic N) is 1. The van der Waals surface area contributed by atoms with Gasteiger partial charge in [-0.3, -0.25) is 4.79 Å².